The van der Waals surface area contributed by atoms with Crippen LogP contribution in [0.15, 0.2) is 59.8 Å². The molecule has 2 aromatic rings. The van der Waals surface area contributed by atoms with E-state index in [0.29, 0.717) is 50.5 Å². The van der Waals surface area contributed by atoms with Gasteiger partial charge in [-0.1, -0.05) is 42.0 Å². The van der Waals surface area contributed by atoms with Crippen LogP contribution in [0.3, 0.4) is 0 Å². The minimum atomic E-state index is -0.631. The van der Waals surface area contributed by atoms with Crippen LogP contribution in [-0.4, -0.2) is 78.5 Å². The first-order valence-electron chi connectivity index (χ1n) is 12.6. The molecule has 0 aromatic heterocycles. The van der Waals surface area contributed by atoms with Gasteiger partial charge in [-0.2, -0.15) is 0 Å². The zero-order chi connectivity index (χ0) is 26.5. The Labute approximate surface area is 216 Å². The fourth-order valence-electron chi connectivity index (χ4n) is 4.88. The Bertz CT molecular complexity index is 1210. The second-order valence-electron chi connectivity index (χ2n) is 9.17. The third-order valence-corrected chi connectivity index (χ3v) is 6.76. The van der Waals surface area contributed by atoms with Gasteiger partial charge in [0, 0.05) is 45.0 Å². The standard InChI is InChI=1S/C28H33FN4O4/c1-4-33-23(18-31-13-15-32(16-14-31)26(34)21-11-6-7-12-22(21)29)24(27(35)37-5-2)25(30-28(33)36)20-10-8-9-19(3)17-20/h6-12,17,25H,4-5,13-16,18H2,1-3H3,(H,30,36)/t25-/m0/s1. The van der Waals surface area contributed by atoms with Gasteiger partial charge in [-0.25, -0.2) is 14.0 Å². The molecule has 8 nitrogen and oxygen atoms in total. The minimum absolute atomic E-state index is 0.0605. The number of likely N-dealkylation sites (N-methyl/N-ethyl adjacent to an activating group) is 1. The number of aryl methyl sites for hydroxylation is 1. The smallest absolute Gasteiger partial charge is 0.338 e. The number of nitrogens with one attached hydrogen (secondary N) is 1. The SMILES string of the molecule is CCOC(=O)C1=C(CN2CCN(C(=O)c3ccccc3F)CC2)N(CC)C(=O)N[C@H]1c1cccc(C)c1. The van der Waals surface area contributed by atoms with Crippen LogP contribution in [0.5, 0.6) is 0 Å². The first-order chi connectivity index (χ1) is 17.8. The van der Waals surface area contributed by atoms with Crippen LogP contribution in [-0.2, 0) is 9.53 Å². The summed E-state index contributed by atoms with van der Waals surface area (Å²) in [6.45, 7) is 8.39. The number of rotatable bonds is 7. The summed E-state index contributed by atoms with van der Waals surface area (Å²) in [6.07, 6.45) is 0. The first kappa shape index (κ1) is 26.3. The number of ether oxygens (including phenoxy) is 1. The van der Waals surface area contributed by atoms with Crippen LogP contribution in [0.1, 0.15) is 41.4 Å². The molecule has 196 valence electrons. The van der Waals surface area contributed by atoms with Gasteiger partial charge in [-0.15, -0.1) is 0 Å². The van der Waals surface area contributed by atoms with E-state index in [1.54, 1.807) is 28.9 Å². The van der Waals surface area contributed by atoms with Crippen LogP contribution >= 0.6 is 0 Å². The van der Waals surface area contributed by atoms with Crippen molar-refractivity contribution in [2.75, 3.05) is 45.9 Å². The van der Waals surface area contributed by atoms with Crippen molar-refractivity contribution in [2.45, 2.75) is 26.8 Å². The van der Waals surface area contributed by atoms with E-state index in [4.69, 9.17) is 4.74 Å². The van der Waals surface area contributed by atoms with E-state index in [1.165, 1.54) is 12.1 Å². The third kappa shape index (κ3) is 5.67. The minimum Gasteiger partial charge on any atom is -0.463 e. The van der Waals surface area contributed by atoms with Crippen LogP contribution in [0.4, 0.5) is 9.18 Å². The first-order valence-corrected chi connectivity index (χ1v) is 12.6. The summed E-state index contributed by atoms with van der Waals surface area (Å²) in [5, 5.41) is 2.98. The van der Waals surface area contributed by atoms with Gasteiger partial charge in [0.15, 0.2) is 0 Å². The summed E-state index contributed by atoms with van der Waals surface area (Å²) in [7, 11) is 0. The molecule has 9 heteroatoms. The molecule has 0 saturated carbocycles. The summed E-state index contributed by atoms with van der Waals surface area (Å²) in [5.41, 5.74) is 2.91. The van der Waals surface area contributed by atoms with Gasteiger partial charge in [-0.05, 0) is 38.5 Å². The van der Waals surface area contributed by atoms with Gasteiger partial charge in [-0.3, -0.25) is 14.6 Å². The Morgan fingerprint density at radius 1 is 1.05 bits per heavy atom. The molecule has 2 aliphatic heterocycles. The molecular weight excluding hydrogens is 475 g/mol. The van der Waals surface area contributed by atoms with E-state index in [1.807, 2.05) is 38.1 Å². The molecule has 2 aliphatic rings. The van der Waals surface area contributed by atoms with E-state index in [0.717, 1.165) is 11.1 Å². The van der Waals surface area contributed by atoms with Crippen LogP contribution < -0.4 is 5.32 Å². The quantitative estimate of drug-likeness (QED) is 0.579. The fraction of sp³-hybridized carbons (Fsp3) is 0.393. The molecule has 1 N–H and O–H groups in total. The number of carbonyl (C=O) groups excluding carboxylic acids is 3. The monoisotopic (exact) mass is 508 g/mol. The molecule has 0 bridgehead atoms. The third-order valence-electron chi connectivity index (χ3n) is 6.76. The molecule has 1 fully saturated rings. The van der Waals surface area contributed by atoms with E-state index < -0.39 is 17.8 Å². The molecule has 1 atom stereocenters. The number of nitrogens with zero attached hydrogens (tertiary/aromatic N) is 3. The predicted molar refractivity (Wildman–Crippen MR) is 137 cm³/mol. The lowest BCUT2D eigenvalue weighted by Crippen LogP contribution is -2.53. The predicted octanol–water partition coefficient (Wildman–Crippen LogP) is 3.50. The highest BCUT2D eigenvalue weighted by Crippen LogP contribution is 2.32. The maximum atomic E-state index is 14.1. The topological polar surface area (TPSA) is 82.2 Å². The fourth-order valence-corrected chi connectivity index (χ4v) is 4.88. The van der Waals surface area contributed by atoms with E-state index in [2.05, 4.69) is 10.2 Å². The van der Waals surface area contributed by atoms with Gasteiger partial charge in [0.25, 0.3) is 5.91 Å². The lowest BCUT2D eigenvalue weighted by Gasteiger charge is -2.40. The molecule has 4 rings (SSSR count). The average Bonchev–Trinajstić information content (AvgIpc) is 2.89. The summed E-state index contributed by atoms with van der Waals surface area (Å²) in [4.78, 5) is 44.5. The maximum absolute atomic E-state index is 14.1. The molecule has 0 unspecified atom stereocenters. The van der Waals surface area contributed by atoms with E-state index in [-0.39, 0.29) is 24.1 Å². The van der Waals surface area contributed by atoms with Gasteiger partial charge in [0.1, 0.15) is 5.82 Å². The Hall–Kier alpha value is -3.72. The second-order valence-corrected chi connectivity index (χ2v) is 9.17. The van der Waals surface area contributed by atoms with E-state index in [9.17, 15) is 18.8 Å². The number of hydrogen-bond donors (Lipinski definition) is 1. The molecule has 37 heavy (non-hydrogen) atoms. The summed E-state index contributed by atoms with van der Waals surface area (Å²) in [5.74, 6) is -1.33. The highest BCUT2D eigenvalue weighted by atomic mass is 19.1. The molecule has 1 saturated heterocycles. The summed E-state index contributed by atoms with van der Waals surface area (Å²) >= 11 is 0. The van der Waals surface area contributed by atoms with Crippen molar-refractivity contribution in [3.05, 3.63) is 82.3 Å². The number of hydrogen-bond acceptors (Lipinski definition) is 5. The highest BCUT2D eigenvalue weighted by Gasteiger charge is 2.38. The Morgan fingerprint density at radius 3 is 2.43 bits per heavy atom. The van der Waals surface area contributed by atoms with Crippen molar-refractivity contribution in [1.82, 2.24) is 20.0 Å². The molecular formula is C28H33FN4O4. The number of amides is 3. The Balaban J connectivity index is 1.60. The molecule has 0 radical (unpaired) electrons. The van der Waals surface area contributed by atoms with Crippen molar-refractivity contribution in [2.24, 2.45) is 0 Å². The van der Waals surface area contributed by atoms with Gasteiger partial charge in [0.2, 0.25) is 0 Å². The van der Waals surface area contributed by atoms with Gasteiger partial charge >= 0.3 is 12.0 Å². The van der Waals surface area contributed by atoms with Crippen molar-refractivity contribution < 1.29 is 23.5 Å². The zero-order valence-corrected chi connectivity index (χ0v) is 21.5. The maximum Gasteiger partial charge on any atom is 0.338 e. The number of urea groups is 1. The number of esters is 1. The number of carbonyl (C=O) groups is 3. The van der Waals surface area contributed by atoms with Crippen molar-refractivity contribution in [3.8, 4) is 0 Å². The van der Waals surface area contributed by atoms with Gasteiger partial charge < -0.3 is 15.0 Å². The molecule has 0 aliphatic carbocycles. The number of benzene rings is 2. The number of halogens is 1. The molecule has 2 aromatic carbocycles. The Kier molecular flexibility index (Phi) is 8.23. The van der Waals surface area contributed by atoms with Crippen molar-refractivity contribution in [3.63, 3.8) is 0 Å². The normalized spacial score (nSPS) is 18.6. The lowest BCUT2D eigenvalue weighted by molar-refractivity contribution is -0.139. The van der Waals surface area contributed by atoms with E-state index >= 15 is 0 Å². The number of piperazine rings is 1. The zero-order valence-electron chi connectivity index (χ0n) is 21.5. The van der Waals surface area contributed by atoms with Crippen LogP contribution in [0.2, 0.25) is 0 Å². The highest BCUT2D eigenvalue weighted by molar-refractivity contribution is 5.95. The second kappa shape index (κ2) is 11.6. The molecule has 2 heterocycles. The molecule has 3 amide bonds. The Morgan fingerprint density at radius 2 is 1.78 bits per heavy atom. The largest absolute Gasteiger partial charge is 0.463 e. The van der Waals surface area contributed by atoms with Crippen LogP contribution in [0, 0.1) is 12.7 Å². The van der Waals surface area contributed by atoms with Crippen molar-refractivity contribution in [1.29, 1.82) is 0 Å². The van der Waals surface area contributed by atoms with Crippen molar-refractivity contribution >= 4 is 17.9 Å². The van der Waals surface area contributed by atoms with Gasteiger partial charge in [0.05, 0.1) is 23.8 Å². The summed E-state index contributed by atoms with van der Waals surface area (Å²) < 4.78 is 19.6. The average molecular weight is 509 g/mol. The van der Waals surface area contributed by atoms with Crippen LogP contribution in [0.25, 0.3) is 0 Å². The summed E-state index contributed by atoms with van der Waals surface area (Å²) in [6, 6.07) is 12.8. The molecule has 0 spiro atoms. The lowest BCUT2D eigenvalue weighted by atomic mass is 9.93.